The Bertz CT molecular complexity index is 1070. The number of carbonyl (C=O) groups is 1. The van der Waals surface area contributed by atoms with Crippen LogP contribution in [0.25, 0.3) is 0 Å². The zero-order valence-corrected chi connectivity index (χ0v) is 19.9. The van der Waals surface area contributed by atoms with E-state index in [1.54, 1.807) is 23.7 Å². The molecule has 32 heavy (non-hydrogen) atoms. The van der Waals surface area contributed by atoms with Crippen LogP contribution in [0.1, 0.15) is 36.8 Å². The molecule has 0 aliphatic heterocycles. The van der Waals surface area contributed by atoms with E-state index in [0.29, 0.717) is 41.3 Å². The number of hydroxylamine groups is 1. The highest BCUT2D eigenvalue weighted by Gasteiger charge is 2.32. The minimum Gasteiger partial charge on any atom is -0.289 e. The molecule has 1 fully saturated rings. The Morgan fingerprint density at radius 1 is 1.16 bits per heavy atom. The molecule has 174 valence electrons. The summed E-state index contributed by atoms with van der Waals surface area (Å²) in [5.41, 5.74) is 2.41. The molecular formula is C22H25Cl2FN2O4S. The van der Waals surface area contributed by atoms with E-state index in [0.717, 1.165) is 6.07 Å². The van der Waals surface area contributed by atoms with Crippen molar-refractivity contribution < 1.29 is 22.8 Å². The van der Waals surface area contributed by atoms with Crippen LogP contribution in [0.3, 0.4) is 0 Å². The Morgan fingerprint density at radius 2 is 1.78 bits per heavy atom. The van der Waals surface area contributed by atoms with Gasteiger partial charge in [-0.1, -0.05) is 29.3 Å². The SMILES string of the molecule is Cc1cc(S(=O)(=O)N(Cc2c(Cl)cccc2Cl)CC2CCC(C(=O)NO)CC2)ccc1F. The van der Waals surface area contributed by atoms with Crippen LogP contribution < -0.4 is 5.48 Å². The topological polar surface area (TPSA) is 86.7 Å². The summed E-state index contributed by atoms with van der Waals surface area (Å²) in [5.74, 6) is -1.18. The molecule has 0 radical (unpaired) electrons. The number of nitrogens with one attached hydrogen (secondary N) is 1. The number of sulfonamides is 1. The highest BCUT2D eigenvalue weighted by Crippen LogP contribution is 2.33. The van der Waals surface area contributed by atoms with Crippen molar-refractivity contribution in [3.8, 4) is 0 Å². The highest BCUT2D eigenvalue weighted by molar-refractivity contribution is 7.89. The van der Waals surface area contributed by atoms with Gasteiger partial charge in [-0.2, -0.15) is 4.31 Å². The predicted molar refractivity (Wildman–Crippen MR) is 121 cm³/mol. The summed E-state index contributed by atoms with van der Waals surface area (Å²) in [6.07, 6.45) is 2.35. The third-order valence-electron chi connectivity index (χ3n) is 5.95. The Balaban J connectivity index is 1.89. The summed E-state index contributed by atoms with van der Waals surface area (Å²) in [4.78, 5) is 11.7. The summed E-state index contributed by atoms with van der Waals surface area (Å²) in [6.45, 7) is 1.68. The van der Waals surface area contributed by atoms with Crippen molar-refractivity contribution in [1.82, 2.24) is 9.79 Å². The van der Waals surface area contributed by atoms with E-state index in [-0.39, 0.29) is 35.4 Å². The lowest BCUT2D eigenvalue weighted by Crippen LogP contribution is -2.38. The molecule has 0 heterocycles. The number of rotatable bonds is 7. The van der Waals surface area contributed by atoms with E-state index in [2.05, 4.69) is 0 Å². The number of aryl methyl sites for hydroxylation is 1. The van der Waals surface area contributed by atoms with Gasteiger partial charge >= 0.3 is 0 Å². The summed E-state index contributed by atoms with van der Waals surface area (Å²) >= 11 is 12.6. The van der Waals surface area contributed by atoms with Crippen LogP contribution in [0.2, 0.25) is 10.0 Å². The smallest absolute Gasteiger partial charge is 0.246 e. The molecule has 1 aliphatic rings. The van der Waals surface area contributed by atoms with Crippen LogP contribution in [0.15, 0.2) is 41.3 Å². The molecule has 3 rings (SSSR count). The van der Waals surface area contributed by atoms with Crippen LogP contribution in [0, 0.1) is 24.6 Å². The van der Waals surface area contributed by atoms with Gasteiger partial charge in [-0.3, -0.25) is 10.0 Å². The second-order valence-corrected chi connectivity index (χ2v) is 10.9. The lowest BCUT2D eigenvalue weighted by Gasteiger charge is -2.32. The maximum Gasteiger partial charge on any atom is 0.246 e. The molecule has 10 heteroatoms. The lowest BCUT2D eigenvalue weighted by molar-refractivity contribution is -0.134. The molecule has 1 amide bonds. The minimum absolute atomic E-state index is 0.00656. The number of nitrogens with zero attached hydrogens (tertiary/aromatic N) is 1. The van der Waals surface area contributed by atoms with Gasteiger partial charge in [0, 0.05) is 34.6 Å². The van der Waals surface area contributed by atoms with E-state index in [4.69, 9.17) is 28.4 Å². The van der Waals surface area contributed by atoms with Gasteiger partial charge < -0.3 is 0 Å². The molecule has 0 saturated heterocycles. The van der Waals surface area contributed by atoms with E-state index >= 15 is 0 Å². The van der Waals surface area contributed by atoms with Gasteiger partial charge in [-0.05, 0) is 74.4 Å². The minimum atomic E-state index is -3.98. The monoisotopic (exact) mass is 502 g/mol. The summed E-state index contributed by atoms with van der Waals surface area (Å²) in [7, 11) is -3.98. The second kappa shape index (κ2) is 10.5. The number of halogens is 3. The zero-order chi connectivity index (χ0) is 23.5. The number of benzene rings is 2. The molecule has 2 aromatic carbocycles. The molecule has 1 saturated carbocycles. The molecule has 2 N–H and O–H groups in total. The third-order valence-corrected chi connectivity index (χ3v) is 8.47. The first-order valence-corrected chi connectivity index (χ1v) is 12.5. The van der Waals surface area contributed by atoms with Gasteiger partial charge in [0.15, 0.2) is 0 Å². The maximum atomic E-state index is 13.8. The Hall–Kier alpha value is -1.71. The fraction of sp³-hybridized carbons (Fsp3) is 0.409. The van der Waals surface area contributed by atoms with Crippen molar-refractivity contribution in [1.29, 1.82) is 0 Å². The number of hydrogen-bond acceptors (Lipinski definition) is 4. The average Bonchev–Trinajstić information content (AvgIpc) is 2.77. The van der Waals surface area contributed by atoms with Gasteiger partial charge in [-0.25, -0.2) is 18.3 Å². The fourth-order valence-electron chi connectivity index (χ4n) is 4.02. The zero-order valence-electron chi connectivity index (χ0n) is 17.5. The van der Waals surface area contributed by atoms with Crippen molar-refractivity contribution in [2.45, 2.75) is 44.0 Å². The molecule has 2 aromatic rings. The first kappa shape index (κ1) is 24.9. The van der Waals surface area contributed by atoms with Gasteiger partial charge in [0.05, 0.1) is 4.90 Å². The molecular weight excluding hydrogens is 478 g/mol. The maximum absolute atomic E-state index is 13.8. The van der Waals surface area contributed by atoms with Crippen LogP contribution in [0.4, 0.5) is 4.39 Å². The van der Waals surface area contributed by atoms with E-state index in [9.17, 15) is 17.6 Å². The molecule has 1 aliphatic carbocycles. The van der Waals surface area contributed by atoms with Gasteiger partial charge in [-0.15, -0.1) is 0 Å². The quantitative estimate of drug-likeness (QED) is 0.414. The van der Waals surface area contributed by atoms with Crippen molar-refractivity contribution >= 4 is 39.1 Å². The number of carbonyl (C=O) groups excluding carboxylic acids is 1. The van der Waals surface area contributed by atoms with Crippen LogP contribution in [0.5, 0.6) is 0 Å². The van der Waals surface area contributed by atoms with Crippen LogP contribution >= 0.6 is 23.2 Å². The molecule has 0 spiro atoms. The first-order valence-electron chi connectivity index (χ1n) is 10.3. The normalized spacial score (nSPS) is 19.2. The number of amides is 1. The second-order valence-electron chi connectivity index (χ2n) is 8.10. The van der Waals surface area contributed by atoms with E-state index in [1.807, 2.05) is 0 Å². The van der Waals surface area contributed by atoms with Crippen molar-refractivity contribution in [2.24, 2.45) is 11.8 Å². The highest BCUT2D eigenvalue weighted by atomic mass is 35.5. The van der Waals surface area contributed by atoms with Crippen molar-refractivity contribution in [3.05, 3.63) is 63.4 Å². The van der Waals surface area contributed by atoms with Crippen LogP contribution in [-0.2, 0) is 21.4 Å². The predicted octanol–water partition coefficient (Wildman–Crippen LogP) is 4.94. The Labute approximate surface area is 197 Å². The lowest BCUT2D eigenvalue weighted by atomic mass is 9.81. The summed E-state index contributed by atoms with van der Waals surface area (Å²) in [5, 5.41) is 9.57. The van der Waals surface area contributed by atoms with Crippen molar-refractivity contribution in [3.63, 3.8) is 0 Å². The Morgan fingerprint density at radius 3 is 2.34 bits per heavy atom. The largest absolute Gasteiger partial charge is 0.289 e. The van der Waals surface area contributed by atoms with E-state index < -0.39 is 21.7 Å². The van der Waals surface area contributed by atoms with Crippen LogP contribution in [-0.4, -0.2) is 30.4 Å². The van der Waals surface area contributed by atoms with Gasteiger partial charge in [0.2, 0.25) is 15.9 Å². The van der Waals surface area contributed by atoms with Crippen molar-refractivity contribution in [2.75, 3.05) is 6.54 Å². The molecule has 0 unspecified atom stereocenters. The van der Waals surface area contributed by atoms with Gasteiger partial charge in [0.1, 0.15) is 5.82 Å². The first-order chi connectivity index (χ1) is 15.1. The molecule has 0 atom stereocenters. The number of hydrogen-bond donors (Lipinski definition) is 2. The van der Waals surface area contributed by atoms with E-state index in [1.165, 1.54) is 23.4 Å². The summed E-state index contributed by atoms with van der Waals surface area (Å²) < 4.78 is 42.1. The third kappa shape index (κ3) is 5.61. The average molecular weight is 503 g/mol. The summed E-state index contributed by atoms with van der Waals surface area (Å²) in [6, 6.07) is 8.68. The standard InChI is InChI=1S/C22H25Cl2FN2O4S/c1-14-11-17(9-10-21(14)25)32(30,31)27(13-18-19(23)3-2-4-20(18)24)12-15-5-7-16(8-6-15)22(28)26-29/h2-4,9-11,15-16,29H,5-8,12-13H2,1H3,(H,26,28). The Kier molecular flexibility index (Phi) is 8.16. The molecule has 0 bridgehead atoms. The molecule has 6 nitrogen and oxygen atoms in total. The molecule has 0 aromatic heterocycles. The fourth-order valence-corrected chi connectivity index (χ4v) is 6.11. The van der Waals surface area contributed by atoms with Gasteiger partial charge in [0.25, 0.3) is 0 Å².